The van der Waals surface area contributed by atoms with Crippen molar-refractivity contribution >= 4 is 23.4 Å². The fourth-order valence-electron chi connectivity index (χ4n) is 1.09. The minimum atomic E-state index is -1.01. The number of amides is 2. The van der Waals surface area contributed by atoms with Crippen LogP contribution in [0.5, 0.6) is 5.75 Å². The molecule has 0 unspecified atom stereocenters. The van der Waals surface area contributed by atoms with Gasteiger partial charge in [0, 0.05) is 6.54 Å². The van der Waals surface area contributed by atoms with Gasteiger partial charge in [-0.3, -0.25) is 9.59 Å². The third-order valence-electron chi connectivity index (χ3n) is 1.89. The first-order valence-corrected chi connectivity index (χ1v) is 4.82. The van der Waals surface area contributed by atoms with E-state index in [2.05, 4.69) is 5.32 Å². The van der Waals surface area contributed by atoms with E-state index in [9.17, 15) is 9.59 Å². The van der Waals surface area contributed by atoms with Crippen LogP contribution in [0, 0.1) is 0 Å². The first-order valence-electron chi connectivity index (χ1n) is 4.44. The van der Waals surface area contributed by atoms with Crippen LogP contribution in [0.3, 0.4) is 0 Å². The standard InChI is InChI=1S/C10H11ClN2O3/c1-16-8-3-2-6(4-7(8)11)5-13-10(15)9(12)14/h2-4H,5H2,1H3,(H2,12,14)(H,13,15). The van der Waals surface area contributed by atoms with Crippen LogP contribution < -0.4 is 15.8 Å². The van der Waals surface area contributed by atoms with Crippen LogP contribution in [0.2, 0.25) is 5.02 Å². The molecule has 0 spiro atoms. The van der Waals surface area contributed by atoms with E-state index in [1.165, 1.54) is 7.11 Å². The second-order valence-electron chi connectivity index (χ2n) is 3.02. The molecule has 1 rings (SSSR count). The highest BCUT2D eigenvalue weighted by atomic mass is 35.5. The number of primary amides is 1. The molecular formula is C10H11ClN2O3. The average molecular weight is 243 g/mol. The summed E-state index contributed by atoms with van der Waals surface area (Å²) in [5.41, 5.74) is 5.53. The summed E-state index contributed by atoms with van der Waals surface area (Å²) in [5, 5.41) is 2.79. The molecule has 2 amide bonds. The van der Waals surface area contributed by atoms with Crippen molar-refractivity contribution in [1.82, 2.24) is 5.32 Å². The van der Waals surface area contributed by atoms with Crippen LogP contribution in [0.4, 0.5) is 0 Å². The van der Waals surface area contributed by atoms with Gasteiger partial charge in [-0.2, -0.15) is 0 Å². The Bertz CT molecular complexity index is 421. The summed E-state index contributed by atoms with van der Waals surface area (Å²) >= 11 is 5.88. The summed E-state index contributed by atoms with van der Waals surface area (Å²) < 4.78 is 4.97. The maximum atomic E-state index is 10.9. The molecule has 0 radical (unpaired) electrons. The van der Waals surface area contributed by atoms with Crippen molar-refractivity contribution in [2.45, 2.75) is 6.54 Å². The van der Waals surface area contributed by atoms with Gasteiger partial charge in [-0.1, -0.05) is 17.7 Å². The zero-order valence-electron chi connectivity index (χ0n) is 8.62. The molecule has 1 aromatic rings. The zero-order valence-corrected chi connectivity index (χ0v) is 9.38. The summed E-state index contributed by atoms with van der Waals surface area (Å²) in [7, 11) is 1.51. The average Bonchev–Trinajstić information content (AvgIpc) is 2.25. The number of nitrogens with one attached hydrogen (secondary N) is 1. The Balaban J connectivity index is 2.65. The van der Waals surface area contributed by atoms with Gasteiger partial charge in [-0.05, 0) is 17.7 Å². The molecule has 16 heavy (non-hydrogen) atoms. The molecule has 0 bridgehead atoms. The van der Waals surface area contributed by atoms with Gasteiger partial charge in [0.15, 0.2) is 0 Å². The monoisotopic (exact) mass is 242 g/mol. The van der Waals surface area contributed by atoms with Gasteiger partial charge < -0.3 is 15.8 Å². The molecule has 0 aliphatic rings. The first-order chi connectivity index (χ1) is 7.54. The van der Waals surface area contributed by atoms with Gasteiger partial charge in [-0.25, -0.2) is 0 Å². The molecule has 0 aliphatic carbocycles. The van der Waals surface area contributed by atoms with Gasteiger partial charge in [0.1, 0.15) is 5.75 Å². The number of halogens is 1. The van der Waals surface area contributed by atoms with Gasteiger partial charge >= 0.3 is 11.8 Å². The van der Waals surface area contributed by atoms with E-state index >= 15 is 0 Å². The number of hydrogen-bond donors (Lipinski definition) is 2. The van der Waals surface area contributed by atoms with E-state index in [-0.39, 0.29) is 6.54 Å². The van der Waals surface area contributed by atoms with Crippen LogP contribution in [-0.2, 0) is 16.1 Å². The molecule has 0 fully saturated rings. The lowest BCUT2D eigenvalue weighted by molar-refractivity contribution is -0.137. The second kappa shape index (κ2) is 5.37. The van der Waals surface area contributed by atoms with Gasteiger partial charge in [0.05, 0.1) is 12.1 Å². The maximum absolute atomic E-state index is 10.9. The summed E-state index contributed by atoms with van der Waals surface area (Å²) in [6.07, 6.45) is 0. The van der Waals surface area contributed by atoms with E-state index < -0.39 is 11.8 Å². The number of benzene rings is 1. The number of ether oxygens (including phenoxy) is 1. The minimum absolute atomic E-state index is 0.186. The summed E-state index contributed by atoms with van der Waals surface area (Å²) in [6.45, 7) is 0.186. The van der Waals surface area contributed by atoms with Crippen LogP contribution >= 0.6 is 11.6 Å². The molecule has 5 nitrogen and oxygen atoms in total. The highest BCUT2D eigenvalue weighted by Crippen LogP contribution is 2.24. The van der Waals surface area contributed by atoms with Crippen molar-refractivity contribution in [3.05, 3.63) is 28.8 Å². The molecule has 3 N–H and O–H groups in total. The van der Waals surface area contributed by atoms with Gasteiger partial charge in [0.2, 0.25) is 0 Å². The topological polar surface area (TPSA) is 81.4 Å². The highest BCUT2D eigenvalue weighted by molar-refractivity contribution is 6.34. The highest BCUT2D eigenvalue weighted by Gasteiger charge is 2.08. The molecule has 86 valence electrons. The lowest BCUT2D eigenvalue weighted by Crippen LogP contribution is -2.35. The Hall–Kier alpha value is -1.75. The smallest absolute Gasteiger partial charge is 0.309 e. The van der Waals surface area contributed by atoms with E-state index in [0.717, 1.165) is 5.56 Å². The third-order valence-corrected chi connectivity index (χ3v) is 2.19. The number of carbonyl (C=O) groups excluding carboxylic acids is 2. The van der Waals surface area contributed by atoms with Gasteiger partial charge in [0.25, 0.3) is 0 Å². The number of carbonyl (C=O) groups is 2. The van der Waals surface area contributed by atoms with E-state index in [1.807, 2.05) is 0 Å². The van der Waals surface area contributed by atoms with Crippen molar-refractivity contribution in [3.63, 3.8) is 0 Å². The molecule has 0 atom stereocenters. The van der Waals surface area contributed by atoms with E-state index in [0.29, 0.717) is 10.8 Å². The second-order valence-corrected chi connectivity index (χ2v) is 3.42. The molecule has 0 aromatic heterocycles. The first kappa shape index (κ1) is 12.3. The number of nitrogens with two attached hydrogens (primary N) is 1. The van der Waals surface area contributed by atoms with Crippen LogP contribution in [0.15, 0.2) is 18.2 Å². The Labute approximate surface area is 97.5 Å². The maximum Gasteiger partial charge on any atom is 0.309 e. The van der Waals surface area contributed by atoms with Crippen LogP contribution in [0.1, 0.15) is 5.56 Å². The third kappa shape index (κ3) is 3.13. The quantitative estimate of drug-likeness (QED) is 0.755. The summed E-state index contributed by atoms with van der Waals surface area (Å²) in [5.74, 6) is -1.29. The lowest BCUT2D eigenvalue weighted by atomic mass is 10.2. The number of hydrogen-bond acceptors (Lipinski definition) is 3. The fraction of sp³-hybridized carbons (Fsp3) is 0.200. The Morgan fingerprint density at radius 2 is 2.19 bits per heavy atom. The van der Waals surface area contributed by atoms with Crippen molar-refractivity contribution < 1.29 is 14.3 Å². The largest absolute Gasteiger partial charge is 0.495 e. The summed E-state index contributed by atoms with van der Waals surface area (Å²) in [4.78, 5) is 21.3. The Kier molecular flexibility index (Phi) is 4.13. The zero-order chi connectivity index (χ0) is 12.1. The van der Waals surface area contributed by atoms with Crippen molar-refractivity contribution in [2.75, 3.05) is 7.11 Å². The lowest BCUT2D eigenvalue weighted by Gasteiger charge is -2.06. The number of methoxy groups -OCH3 is 1. The van der Waals surface area contributed by atoms with Crippen molar-refractivity contribution in [3.8, 4) is 5.75 Å². The molecule has 0 saturated carbocycles. The molecule has 0 saturated heterocycles. The van der Waals surface area contributed by atoms with E-state index in [1.54, 1.807) is 18.2 Å². The molecule has 1 aromatic carbocycles. The molecule has 0 aliphatic heterocycles. The Morgan fingerprint density at radius 3 is 2.69 bits per heavy atom. The fourth-order valence-corrected chi connectivity index (χ4v) is 1.37. The molecular weight excluding hydrogens is 232 g/mol. The minimum Gasteiger partial charge on any atom is -0.495 e. The SMILES string of the molecule is COc1ccc(CNC(=O)C(N)=O)cc1Cl. The van der Waals surface area contributed by atoms with Crippen molar-refractivity contribution in [1.29, 1.82) is 0 Å². The van der Waals surface area contributed by atoms with Crippen LogP contribution in [0.25, 0.3) is 0 Å². The van der Waals surface area contributed by atoms with Crippen LogP contribution in [-0.4, -0.2) is 18.9 Å². The normalized spacial score (nSPS) is 9.62. The van der Waals surface area contributed by atoms with Gasteiger partial charge in [-0.15, -0.1) is 0 Å². The van der Waals surface area contributed by atoms with Crippen molar-refractivity contribution in [2.24, 2.45) is 5.73 Å². The van der Waals surface area contributed by atoms with E-state index in [4.69, 9.17) is 22.1 Å². The predicted molar refractivity (Wildman–Crippen MR) is 59.0 cm³/mol. The predicted octanol–water partition coefficient (Wildman–Crippen LogP) is 0.450. The summed E-state index contributed by atoms with van der Waals surface area (Å²) in [6, 6.07) is 5.04. The molecule has 6 heteroatoms. The Morgan fingerprint density at radius 1 is 1.50 bits per heavy atom. The number of rotatable bonds is 3. The molecule has 0 heterocycles.